The summed E-state index contributed by atoms with van der Waals surface area (Å²) in [5, 5.41) is 0. The van der Waals surface area contributed by atoms with Crippen molar-refractivity contribution in [1.82, 2.24) is 4.90 Å². The second-order valence-corrected chi connectivity index (χ2v) is 4.59. The minimum absolute atomic E-state index is 0.379. The lowest BCUT2D eigenvalue weighted by Gasteiger charge is -2.27. The van der Waals surface area contributed by atoms with Crippen LogP contribution < -0.4 is 0 Å². The molecule has 0 aromatic carbocycles. The fraction of sp³-hybridized carbons (Fsp3) is 0.917. The maximum atomic E-state index is 11.7. The van der Waals surface area contributed by atoms with E-state index in [0.29, 0.717) is 17.9 Å². The number of rotatable bonds is 5. The molecule has 2 nitrogen and oxygen atoms in total. The van der Waals surface area contributed by atoms with Crippen molar-refractivity contribution >= 4 is 5.91 Å². The highest BCUT2D eigenvalue weighted by molar-refractivity contribution is 5.78. The zero-order chi connectivity index (χ0) is 10.6. The minimum atomic E-state index is 0.379. The fourth-order valence-corrected chi connectivity index (χ4v) is 2.39. The Morgan fingerprint density at radius 2 is 1.93 bits per heavy atom. The zero-order valence-corrected chi connectivity index (χ0v) is 9.75. The van der Waals surface area contributed by atoms with Crippen molar-refractivity contribution in [2.75, 3.05) is 6.54 Å². The Morgan fingerprint density at radius 3 is 2.29 bits per heavy atom. The van der Waals surface area contributed by atoms with Crippen molar-refractivity contribution in [3.8, 4) is 0 Å². The molecule has 2 heteroatoms. The predicted octanol–water partition coefficient (Wildman–Crippen LogP) is 2.82. The highest BCUT2D eigenvalue weighted by atomic mass is 16.2. The summed E-state index contributed by atoms with van der Waals surface area (Å²) in [5.41, 5.74) is 0. The molecule has 1 saturated heterocycles. The Bertz CT molecular complexity index is 185. The van der Waals surface area contributed by atoms with Crippen LogP contribution in [0.1, 0.15) is 52.9 Å². The van der Waals surface area contributed by atoms with Crippen LogP contribution in [0.5, 0.6) is 0 Å². The Balaban J connectivity index is 2.53. The van der Waals surface area contributed by atoms with Gasteiger partial charge in [0, 0.05) is 19.0 Å². The van der Waals surface area contributed by atoms with Gasteiger partial charge in [-0.2, -0.15) is 0 Å². The number of hydrogen-bond acceptors (Lipinski definition) is 1. The van der Waals surface area contributed by atoms with Gasteiger partial charge in [0.05, 0.1) is 0 Å². The standard InChI is InChI=1S/C12H23NO/c1-4-6-11(7-5-2)13-9-10(3)8-12(13)14/h10-11H,4-9H2,1-3H3. The van der Waals surface area contributed by atoms with Crippen LogP contribution in [0.3, 0.4) is 0 Å². The molecule has 1 rings (SSSR count). The number of carbonyl (C=O) groups excluding carboxylic acids is 1. The lowest BCUT2D eigenvalue weighted by molar-refractivity contribution is -0.129. The normalized spacial score (nSPS) is 22.4. The largest absolute Gasteiger partial charge is 0.339 e. The molecule has 1 fully saturated rings. The van der Waals surface area contributed by atoms with Crippen molar-refractivity contribution in [1.29, 1.82) is 0 Å². The molecule has 1 heterocycles. The summed E-state index contributed by atoms with van der Waals surface area (Å²) < 4.78 is 0. The third kappa shape index (κ3) is 2.73. The van der Waals surface area contributed by atoms with Gasteiger partial charge in [0.2, 0.25) is 5.91 Å². The summed E-state index contributed by atoms with van der Waals surface area (Å²) >= 11 is 0. The highest BCUT2D eigenvalue weighted by Crippen LogP contribution is 2.23. The van der Waals surface area contributed by atoms with E-state index >= 15 is 0 Å². The molecule has 0 N–H and O–H groups in total. The summed E-state index contributed by atoms with van der Waals surface area (Å²) in [6.45, 7) is 7.57. The van der Waals surface area contributed by atoms with Crippen LogP contribution in [-0.4, -0.2) is 23.4 Å². The molecule has 1 unspecified atom stereocenters. The SMILES string of the molecule is CCCC(CCC)N1CC(C)CC1=O. The molecule has 0 saturated carbocycles. The second-order valence-electron chi connectivity index (χ2n) is 4.59. The Hall–Kier alpha value is -0.530. The van der Waals surface area contributed by atoms with E-state index < -0.39 is 0 Å². The Labute approximate surface area is 87.7 Å². The molecular weight excluding hydrogens is 174 g/mol. The molecule has 14 heavy (non-hydrogen) atoms. The summed E-state index contributed by atoms with van der Waals surface area (Å²) in [5.74, 6) is 0.947. The average Bonchev–Trinajstić information content (AvgIpc) is 2.45. The van der Waals surface area contributed by atoms with Crippen molar-refractivity contribution < 1.29 is 4.79 Å². The molecule has 82 valence electrons. The van der Waals surface area contributed by atoms with Gasteiger partial charge in [-0.05, 0) is 18.8 Å². The molecular formula is C12H23NO. The van der Waals surface area contributed by atoms with Gasteiger partial charge in [-0.1, -0.05) is 33.6 Å². The first-order valence-corrected chi connectivity index (χ1v) is 5.98. The fourth-order valence-electron chi connectivity index (χ4n) is 2.39. The van der Waals surface area contributed by atoms with Crippen LogP contribution in [0.15, 0.2) is 0 Å². The Kier molecular flexibility index (Phi) is 4.43. The third-order valence-corrected chi connectivity index (χ3v) is 3.04. The zero-order valence-electron chi connectivity index (χ0n) is 9.75. The van der Waals surface area contributed by atoms with Gasteiger partial charge in [0.1, 0.15) is 0 Å². The quantitative estimate of drug-likeness (QED) is 0.663. The van der Waals surface area contributed by atoms with Crippen LogP contribution in [0, 0.1) is 5.92 Å². The van der Waals surface area contributed by atoms with Gasteiger partial charge in [-0.25, -0.2) is 0 Å². The Morgan fingerprint density at radius 1 is 1.36 bits per heavy atom. The van der Waals surface area contributed by atoms with E-state index in [4.69, 9.17) is 0 Å². The molecule has 0 aliphatic carbocycles. The second kappa shape index (κ2) is 5.38. The number of likely N-dealkylation sites (tertiary alicyclic amines) is 1. The average molecular weight is 197 g/mol. The lowest BCUT2D eigenvalue weighted by atomic mass is 10.1. The molecule has 0 spiro atoms. The van der Waals surface area contributed by atoms with Crippen molar-refractivity contribution in [2.24, 2.45) is 5.92 Å². The molecule has 1 amide bonds. The minimum Gasteiger partial charge on any atom is -0.339 e. The smallest absolute Gasteiger partial charge is 0.223 e. The first-order chi connectivity index (χ1) is 6.69. The lowest BCUT2D eigenvalue weighted by Crippen LogP contribution is -2.36. The summed E-state index contributed by atoms with van der Waals surface area (Å²) in [6, 6.07) is 0.516. The first kappa shape index (κ1) is 11.5. The monoisotopic (exact) mass is 197 g/mol. The topological polar surface area (TPSA) is 20.3 Å². The van der Waals surface area contributed by atoms with Gasteiger partial charge in [-0.3, -0.25) is 4.79 Å². The number of amides is 1. The van der Waals surface area contributed by atoms with Crippen molar-refractivity contribution in [2.45, 2.75) is 58.9 Å². The van der Waals surface area contributed by atoms with Gasteiger partial charge in [-0.15, -0.1) is 0 Å². The predicted molar refractivity (Wildman–Crippen MR) is 59.1 cm³/mol. The summed E-state index contributed by atoms with van der Waals surface area (Å²) in [4.78, 5) is 13.8. The van der Waals surface area contributed by atoms with Crippen LogP contribution in [0.2, 0.25) is 0 Å². The molecule has 1 aliphatic rings. The third-order valence-electron chi connectivity index (χ3n) is 3.04. The van der Waals surface area contributed by atoms with Gasteiger partial charge in [0.15, 0.2) is 0 Å². The van der Waals surface area contributed by atoms with E-state index in [1.807, 2.05) is 0 Å². The van der Waals surface area contributed by atoms with E-state index in [2.05, 4.69) is 25.7 Å². The van der Waals surface area contributed by atoms with Crippen LogP contribution in [-0.2, 0) is 4.79 Å². The molecule has 1 atom stereocenters. The molecule has 0 radical (unpaired) electrons. The van der Waals surface area contributed by atoms with Gasteiger partial charge in [0.25, 0.3) is 0 Å². The van der Waals surface area contributed by atoms with Crippen LogP contribution in [0.4, 0.5) is 0 Å². The molecule has 0 bridgehead atoms. The number of hydrogen-bond donors (Lipinski definition) is 0. The van der Waals surface area contributed by atoms with E-state index in [1.165, 1.54) is 25.7 Å². The van der Waals surface area contributed by atoms with E-state index in [9.17, 15) is 4.79 Å². The number of carbonyl (C=O) groups is 1. The van der Waals surface area contributed by atoms with Crippen LogP contribution >= 0.6 is 0 Å². The maximum Gasteiger partial charge on any atom is 0.223 e. The first-order valence-electron chi connectivity index (χ1n) is 5.98. The van der Waals surface area contributed by atoms with Crippen LogP contribution in [0.25, 0.3) is 0 Å². The van der Waals surface area contributed by atoms with Crippen molar-refractivity contribution in [3.05, 3.63) is 0 Å². The van der Waals surface area contributed by atoms with E-state index in [0.717, 1.165) is 13.0 Å². The van der Waals surface area contributed by atoms with E-state index in [1.54, 1.807) is 0 Å². The van der Waals surface area contributed by atoms with Gasteiger partial charge < -0.3 is 4.90 Å². The summed E-state index contributed by atoms with van der Waals surface area (Å²) in [6.07, 6.45) is 5.48. The van der Waals surface area contributed by atoms with E-state index in [-0.39, 0.29) is 0 Å². The molecule has 0 aromatic rings. The highest BCUT2D eigenvalue weighted by Gasteiger charge is 2.30. The summed E-state index contributed by atoms with van der Waals surface area (Å²) in [7, 11) is 0. The molecule has 0 aromatic heterocycles. The van der Waals surface area contributed by atoms with Gasteiger partial charge >= 0.3 is 0 Å². The molecule has 1 aliphatic heterocycles. The number of nitrogens with zero attached hydrogens (tertiary/aromatic N) is 1. The maximum absolute atomic E-state index is 11.7. The van der Waals surface area contributed by atoms with Crippen molar-refractivity contribution in [3.63, 3.8) is 0 Å².